The second kappa shape index (κ2) is 17.1. The van der Waals surface area contributed by atoms with Gasteiger partial charge in [-0.25, -0.2) is 0 Å². The second-order valence-electron chi connectivity index (χ2n) is 19.2. The summed E-state index contributed by atoms with van der Waals surface area (Å²) in [6.45, 7) is 4.46. The van der Waals surface area contributed by atoms with E-state index in [1.54, 1.807) is 0 Å². The van der Waals surface area contributed by atoms with Crippen molar-refractivity contribution in [1.82, 2.24) is 0 Å². The highest BCUT2D eigenvalue weighted by Gasteiger charge is 2.49. The third kappa shape index (κ3) is 6.59. The minimum absolute atomic E-state index is 0.517. The van der Waals surface area contributed by atoms with Gasteiger partial charge in [0, 0.05) is 17.1 Å². The molecule has 0 spiro atoms. The molecule has 2 aliphatic rings. The van der Waals surface area contributed by atoms with Crippen LogP contribution in [-0.4, -0.2) is 8.07 Å². The van der Waals surface area contributed by atoms with Crippen molar-refractivity contribution in [1.29, 1.82) is 0 Å². The van der Waals surface area contributed by atoms with Gasteiger partial charge in [0.15, 0.2) is 8.07 Å². The van der Waals surface area contributed by atoms with E-state index in [-0.39, 0.29) is 0 Å². The molecule has 0 unspecified atom stereocenters. The van der Waals surface area contributed by atoms with Crippen LogP contribution in [0.1, 0.15) is 33.4 Å². The van der Waals surface area contributed by atoms with Crippen molar-refractivity contribution >= 4 is 45.9 Å². The summed E-state index contributed by atoms with van der Waals surface area (Å²) in [5, 5.41) is 5.72. The lowest BCUT2D eigenvalue weighted by molar-refractivity contribution is 0.768. The second-order valence-corrected chi connectivity index (χ2v) is 23.0. The van der Waals surface area contributed by atoms with E-state index in [0.29, 0.717) is 0 Å². The fourth-order valence-electron chi connectivity index (χ4n) is 12.4. The van der Waals surface area contributed by atoms with E-state index >= 15 is 0 Å². The Balaban J connectivity index is 0.977. The number of anilines is 3. The van der Waals surface area contributed by atoms with Crippen molar-refractivity contribution in [2.45, 2.75) is 19.3 Å². The summed E-state index contributed by atoms with van der Waals surface area (Å²) < 4.78 is 0. The maximum absolute atomic E-state index is 2.65. The summed E-state index contributed by atoms with van der Waals surface area (Å²) in [6, 6.07) is 102. The zero-order valence-electron chi connectivity index (χ0n) is 39.9. The monoisotopic (exact) mass is 921 g/mol. The molecule has 336 valence electrons. The molecule has 2 heteroatoms. The summed E-state index contributed by atoms with van der Waals surface area (Å²) >= 11 is 0. The Morgan fingerprint density at radius 3 is 1.41 bits per heavy atom. The summed E-state index contributed by atoms with van der Waals surface area (Å²) in [6.07, 6.45) is 0. The number of rotatable bonds is 9. The molecule has 0 amide bonds. The molecule has 0 fully saturated rings. The Labute approximate surface area is 418 Å². The minimum atomic E-state index is -2.65. The SMILES string of the molecule is Cc1ccccc1-c1ccc(N(c2ccc(-c3cccc([Si]4(c5ccccc5)c5ccccc5-c5ccccc54)c3)cc2)c2ccc3c(c2)C(c2ccccc2)(c2ccccc2)c2ccccc2-3)cc1C. The molecule has 71 heavy (non-hydrogen) atoms. The fraction of sp³-hybridized carbons (Fsp3) is 0.0435. The summed E-state index contributed by atoms with van der Waals surface area (Å²) in [4.78, 5) is 2.46. The van der Waals surface area contributed by atoms with E-state index in [1.165, 1.54) is 98.6 Å². The van der Waals surface area contributed by atoms with Gasteiger partial charge in [-0.1, -0.05) is 237 Å². The van der Waals surface area contributed by atoms with Gasteiger partial charge in [0.1, 0.15) is 0 Å². The number of hydrogen-bond acceptors (Lipinski definition) is 1. The lowest BCUT2D eigenvalue weighted by Crippen LogP contribution is -2.72. The number of hydrogen-bond donors (Lipinski definition) is 0. The Bertz CT molecular complexity index is 3700. The minimum Gasteiger partial charge on any atom is -0.310 e. The van der Waals surface area contributed by atoms with Gasteiger partial charge in [-0.05, 0) is 149 Å². The average Bonchev–Trinajstić information content (AvgIpc) is 3.92. The molecule has 13 rings (SSSR count). The van der Waals surface area contributed by atoms with Gasteiger partial charge >= 0.3 is 0 Å². The first kappa shape index (κ1) is 42.5. The smallest absolute Gasteiger partial charge is 0.180 e. The largest absolute Gasteiger partial charge is 0.310 e. The van der Waals surface area contributed by atoms with E-state index in [1.807, 2.05) is 0 Å². The van der Waals surface area contributed by atoms with Crippen molar-refractivity contribution in [3.05, 3.63) is 306 Å². The first-order valence-electron chi connectivity index (χ1n) is 24.8. The summed E-state index contributed by atoms with van der Waals surface area (Å²) in [7, 11) is -2.65. The van der Waals surface area contributed by atoms with Crippen molar-refractivity contribution in [3.8, 4) is 44.5 Å². The van der Waals surface area contributed by atoms with Gasteiger partial charge in [0.05, 0.1) is 5.41 Å². The summed E-state index contributed by atoms with van der Waals surface area (Å²) in [5.74, 6) is 0. The van der Waals surface area contributed by atoms with Gasteiger partial charge < -0.3 is 4.90 Å². The van der Waals surface area contributed by atoms with Crippen molar-refractivity contribution in [3.63, 3.8) is 0 Å². The molecule has 1 aliphatic carbocycles. The number of fused-ring (bicyclic) bond motifs is 6. The van der Waals surface area contributed by atoms with E-state index in [2.05, 4.69) is 292 Å². The molecule has 0 radical (unpaired) electrons. The fourth-order valence-corrected chi connectivity index (χ4v) is 17.6. The van der Waals surface area contributed by atoms with Crippen LogP contribution in [0.3, 0.4) is 0 Å². The first-order valence-corrected chi connectivity index (χ1v) is 26.8. The molecular weight excluding hydrogens is 871 g/mol. The third-order valence-corrected chi connectivity index (χ3v) is 20.4. The van der Waals surface area contributed by atoms with E-state index in [9.17, 15) is 0 Å². The van der Waals surface area contributed by atoms with Crippen LogP contribution in [0.5, 0.6) is 0 Å². The summed E-state index contributed by atoms with van der Waals surface area (Å²) in [5.41, 5.74) is 20.6. The Kier molecular flexibility index (Phi) is 10.3. The van der Waals surface area contributed by atoms with Crippen LogP contribution in [0.4, 0.5) is 17.1 Å². The number of nitrogens with zero attached hydrogens (tertiary/aromatic N) is 1. The van der Waals surface area contributed by atoms with Crippen LogP contribution in [0.25, 0.3) is 44.5 Å². The van der Waals surface area contributed by atoms with Gasteiger partial charge in [-0.15, -0.1) is 0 Å². The molecule has 11 aromatic carbocycles. The highest BCUT2D eigenvalue weighted by atomic mass is 28.3. The molecule has 1 heterocycles. The Morgan fingerprint density at radius 2 is 0.775 bits per heavy atom. The first-order chi connectivity index (χ1) is 35.0. The van der Waals surface area contributed by atoms with Crippen molar-refractivity contribution in [2.24, 2.45) is 0 Å². The van der Waals surface area contributed by atoms with Crippen LogP contribution in [0.15, 0.2) is 273 Å². The topological polar surface area (TPSA) is 3.24 Å². The van der Waals surface area contributed by atoms with Gasteiger partial charge in [-0.2, -0.15) is 0 Å². The third-order valence-electron chi connectivity index (χ3n) is 15.5. The lowest BCUT2D eigenvalue weighted by atomic mass is 9.67. The van der Waals surface area contributed by atoms with Crippen LogP contribution in [-0.2, 0) is 5.41 Å². The predicted molar refractivity (Wildman–Crippen MR) is 301 cm³/mol. The molecule has 0 saturated heterocycles. The van der Waals surface area contributed by atoms with Gasteiger partial charge in [0.25, 0.3) is 0 Å². The van der Waals surface area contributed by atoms with Crippen LogP contribution in [0, 0.1) is 13.8 Å². The molecule has 0 saturated carbocycles. The van der Waals surface area contributed by atoms with Gasteiger partial charge in [-0.3, -0.25) is 0 Å². The maximum atomic E-state index is 2.49. The highest BCUT2D eigenvalue weighted by molar-refractivity contribution is 7.22. The van der Waals surface area contributed by atoms with Crippen LogP contribution < -0.4 is 25.6 Å². The molecule has 11 aromatic rings. The predicted octanol–water partition coefficient (Wildman–Crippen LogP) is 14.8. The highest BCUT2D eigenvalue weighted by Crippen LogP contribution is 2.57. The molecule has 0 bridgehead atoms. The van der Waals surface area contributed by atoms with E-state index in [4.69, 9.17) is 0 Å². The molecule has 1 aliphatic heterocycles. The standard InChI is InChI=1S/C69H51NSi/c1-48-21-12-13-30-59(48)60-43-41-55(45-49(60)2)70(56-42-44-62-61-31-14-17-34-65(61)69(66(62)47-56,52-23-6-3-7-24-52)53-25-8-4-9-26-53)54-39-37-50(38-40-54)51-22-20-29-58(46-51)71(57-27-10-5-11-28-57)67-35-18-15-32-63(67)64-33-16-19-36-68(64)71/h3-47H,1-2H3. The maximum Gasteiger partial charge on any atom is 0.180 e. The number of aryl methyl sites for hydroxylation is 2. The van der Waals surface area contributed by atoms with Gasteiger partial charge in [0.2, 0.25) is 0 Å². The molecule has 0 aromatic heterocycles. The average molecular weight is 922 g/mol. The zero-order valence-corrected chi connectivity index (χ0v) is 40.9. The van der Waals surface area contributed by atoms with Crippen molar-refractivity contribution in [2.75, 3.05) is 4.90 Å². The van der Waals surface area contributed by atoms with Crippen LogP contribution >= 0.6 is 0 Å². The Morgan fingerprint density at radius 1 is 0.296 bits per heavy atom. The van der Waals surface area contributed by atoms with E-state index < -0.39 is 13.5 Å². The Hall–Kier alpha value is -8.56. The normalized spacial score (nSPS) is 13.4. The van der Waals surface area contributed by atoms with E-state index in [0.717, 1.165) is 17.1 Å². The lowest BCUT2D eigenvalue weighted by Gasteiger charge is -2.35. The van der Waals surface area contributed by atoms with Crippen molar-refractivity contribution < 1.29 is 0 Å². The molecule has 1 nitrogen and oxygen atoms in total. The number of benzene rings is 11. The molecule has 0 atom stereocenters. The van der Waals surface area contributed by atoms with Crippen LogP contribution in [0.2, 0.25) is 0 Å². The zero-order chi connectivity index (χ0) is 47.5. The molecule has 0 N–H and O–H groups in total. The molecular formula is C69H51NSi. The quantitative estimate of drug-likeness (QED) is 0.130.